The lowest BCUT2D eigenvalue weighted by Gasteiger charge is -2.33. The molecule has 78 valence electrons. The fourth-order valence-electron chi connectivity index (χ4n) is 1.43. The third-order valence-electron chi connectivity index (χ3n) is 2.25. The molecule has 0 amide bonds. The van der Waals surface area contributed by atoms with Gasteiger partial charge in [0.25, 0.3) is 0 Å². The number of hydrogen-bond acceptors (Lipinski definition) is 2. The van der Waals surface area contributed by atoms with Crippen molar-refractivity contribution >= 4 is 5.97 Å². The highest BCUT2D eigenvalue weighted by molar-refractivity contribution is 5.82. The summed E-state index contributed by atoms with van der Waals surface area (Å²) in [5, 5.41) is 0. The minimum absolute atomic E-state index is 0.322. The van der Waals surface area contributed by atoms with E-state index >= 15 is 0 Å². The Morgan fingerprint density at radius 2 is 2.29 bits per heavy atom. The molecule has 0 spiro atoms. The van der Waals surface area contributed by atoms with Gasteiger partial charge in [-0.2, -0.15) is 0 Å². The van der Waals surface area contributed by atoms with Crippen LogP contribution in [0.2, 0.25) is 0 Å². The number of hydrogen-bond donors (Lipinski definition) is 0. The van der Waals surface area contributed by atoms with Crippen LogP contribution in [0, 0.1) is 0 Å². The van der Waals surface area contributed by atoms with Crippen LogP contribution in [0.15, 0.2) is 23.8 Å². The predicted molar refractivity (Wildman–Crippen MR) is 52.6 cm³/mol. The Labute approximate surface area is 83.4 Å². The number of carbonyl (C=O) groups excluding carboxylic acids is 1. The van der Waals surface area contributed by atoms with Gasteiger partial charge >= 0.3 is 5.97 Å². The lowest BCUT2D eigenvalue weighted by Crippen LogP contribution is -2.31. The number of rotatable bonds is 3. The van der Waals surface area contributed by atoms with Crippen LogP contribution in [0.1, 0.15) is 26.7 Å². The summed E-state index contributed by atoms with van der Waals surface area (Å²) in [6.45, 7) is 3.94. The molecule has 0 heterocycles. The molecule has 2 nitrogen and oxygen atoms in total. The van der Waals surface area contributed by atoms with E-state index in [1.165, 1.54) is 12.2 Å². The lowest BCUT2D eigenvalue weighted by atomic mass is 9.77. The molecule has 0 aromatic carbocycles. The average Bonchev–Trinajstić information content (AvgIpc) is 2.11. The molecule has 0 aliphatic heterocycles. The molecule has 0 N–H and O–H groups in total. The molecule has 1 rings (SSSR count). The summed E-state index contributed by atoms with van der Waals surface area (Å²) in [5.41, 5.74) is -0.227. The van der Waals surface area contributed by atoms with Crippen molar-refractivity contribution in [2.45, 2.75) is 32.4 Å². The molecule has 0 atom stereocenters. The van der Waals surface area contributed by atoms with Crippen molar-refractivity contribution in [1.82, 2.24) is 0 Å². The Kier molecular flexibility index (Phi) is 3.44. The maximum Gasteiger partial charge on any atom is 0.330 e. The number of halogens is 1. The summed E-state index contributed by atoms with van der Waals surface area (Å²) in [7, 11) is 0. The molecule has 0 unspecified atom stereocenters. The van der Waals surface area contributed by atoms with E-state index in [1.54, 1.807) is 6.92 Å². The van der Waals surface area contributed by atoms with Crippen LogP contribution in [-0.2, 0) is 9.53 Å². The van der Waals surface area contributed by atoms with Gasteiger partial charge in [-0.25, -0.2) is 9.18 Å². The molecule has 3 heteroatoms. The van der Waals surface area contributed by atoms with Crippen LogP contribution in [0.5, 0.6) is 0 Å². The molecule has 1 aliphatic rings. The molecule has 14 heavy (non-hydrogen) atoms. The quantitative estimate of drug-likeness (QED) is 0.396. The summed E-state index contributed by atoms with van der Waals surface area (Å²) in [4.78, 5) is 10.9. The van der Waals surface area contributed by atoms with Crippen molar-refractivity contribution in [1.29, 1.82) is 0 Å². The van der Waals surface area contributed by atoms with Crippen molar-refractivity contribution in [2.75, 3.05) is 6.61 Å². The summed E-state index contributed by atoms with van der Waals surface area (Å²) < 4.78 is 18.3. The lowest BCUT2D eigenvalue weighted by molar-refractivity contribution is -0.137. The van der Waals surface area contributed by atoms with Gasteiger partial charge in [-0.3, -0.25) is 0 Å². The van der Waals surface area contributed by atoms with Gasteiger partial charge in [-0.15, -0.1) is 0 Å². The summed E-state index contributed by atoms with van der Waals surface area (Å²) in [5.74, 6) is -0.474. The van der Waals surface area contributed by atoms with E-state index in [2.05, 4.69) is 4.74 Å². The Morgan fingerprint density at radius 1 is 1.64 bits per heavy atom. The van der Waals surface area contributed by atoms with Crippen molar-refractivity contribution in [3.63, 3.8) is 0 Å². The van der Waals surface area contributed by atoms with E-state index in [9.17, 15) is 9.18 Å². The van der Waals surface area contributed by atoms with Gasteiger partial charge in [-0.05, 0) is 19.9 Å². The average molecular weight is 198 g/mol. The van der Waals surface area contributed by atoms with Crippen molar-refractivity contribution in [3.8, 4) is 0 Å². The molecular weight excluding hydrogens is 183 g/mol. The van der Waals surface area contributed by atoms with Crippen LogP contribution < -0.4 is 0 Å². The van der Waals surface area contributed by atoms with E-state index in [-0.39, 0.29) is 0 Å². The highest BCUT2D eigenvalue weighted by Gasteiger charge is 2.38. The Hall–Kier alpha value is -1.12. The standard InChI is InChI=1S/C11H15FO2/c1-3-9-7-11(12,8-9)6-5-10(13)14-4-2/h3,5-6H,4,7-8H2,1-2H3/b6-5+,9-3?. The number of esters is 1. The fourth-order valence-corrected chi connectivity index (χ4v) is 1.43. The monoisotopic (exact) mass is 198 g/mol. The smallest absolute Gasteiger partial charge is 0.330 e. The van der Waals surface area contributed by atoms with Crippen molar-refractivity contribution in [3.05, 3.63) is 23.8 Å². The van der Waals surface area contributed by atoms with Crippen LogP contribution in [-0.4, -0.2) is 18.2 Å². The highest BCUT2D eigenvalue weighted by Crippen LogP contribution is 2.41. The minimum Gasteiger partial charge on any atom is -0.463 e. The number of allylic oxidation sites excluding steroid dienone is 3. The second-order valence-corrected chi connectivity index (χ2v) is 3.42. The van der Waals surface area contributed by atoms with Crippen molar-refractivity contribution in [2.24, 2.45) is 0 Å². The molecular formula is C11H15FO2. The third-order valence-corrected chi connectivity index (χ3v) is 2.25. The molecule has 1 fully saturated rings. The maximum absolute atomic E-state index is 13.6. The number of carbonyl (C=O) groups is 1. The van der Waals surface area contributed by atoms with Crippen LogP contribution in [0.25, 0.3) is 0 Å². The molecule has 0 saturated heterocycles. The number of alkyl halides is 1. The normalized spacial score (nSPS) is 26.1. The highest BCUT2D eigenvalue weighted by atomic mass is 19.1. The zero-order valence-electron chi connectivity index (χ0n) is 8.55. The molecule has 0 aromatic heterocycles. The predicted octanol–water partition coefficient (Wildman–Crippen LogP) is 2.55. The van der Waals surface area contributed by atoms with E-state index in [0.29, 0.717) is 19.4 Å². The zero-order chi connectivity index (χ0) is 10.6. The fraction of sp³-hybridized carbons (Fsp3) is 0.545. The van der Waals surface area contributed by atoms with Gasteiger partial charge in [0, 0.05) is 18.9 Å². The second kappa shape index (κ2) is 4.40. The minimum atomic E-state index is -1.32. The third kappa shape index (κ3) is 2.69. The number of ether oxygens (including phenoxy) is 1. The first kappa shape index (κ1) is 11.0. The van der Waals surface area contributed by atoms with Gasteiger partial charge < -0.3 is 4.74 Å². The molecule has 0 bridgehead atoms. The maximum atomic E-state index is 13.6. The van der Waals surface area contributed by atoms with E-state index < -0.39 is 11.6 Å². The molecule has 1 aliphatic carbocycles. The first-order valence-electron chi connectivity index (χ1n) is 4.78. The Morgan fingerprint density at radius 3 is 2.79 bits per heavy atom. The largest absolute Gasteiger partial charge is 0.463 e. The van der Waals surface area contributed by atoms with Crippen molar-refractivity contribution < 1.29 is 13.9 Å². The SMILES string of the molecule is CC=C1CC(F)(/C=C/C(=O)OCC)C1. The van der Waals surface area contributed by atoms with E-state index in [0.717, 1.165) is 5.57 Å². The summed E-state index contributed by atoms with van der Waals surface area (Å²) >= 11 is 0. The first-order valence-corrected chi connectivity index (χ1v) is 4.78. The first-order chi connectivity index (χ1) is 6.59. The molecule has 0 aromatic rings. The Bertz CT molecular complexity index is 271. The second-order valence-electron chi connectivity index (χ2n) is 3.42. The molecule has 1 saturated carbocycles. The van der Waals surface area contributed by atoms with E-state index in [1.807, 2.05) is 13.0 Å². The zero-order valence-corrected chi connectivity index (χ0v) is 8.55. The Balaban J connectivity index is 2.42. The van der Waals surface area contributed by atoms with Gasteiger partial charge in [0.2, 0.25) is 0 Å². The van der Waals surface area contributed by atoms with Gasteiger partial charge in [-0.1, -0.05) is 11.6 Å². The van der Waals surface area contributed by atoms with Gasteiger partial charge in [0.1, 0.15) is 5.67 Å². The van der Waals surface area contributed by atoms with Crippen LogP contribution in [0.4, 0.5) is 4.39 Å². The van der Waals surface area contributed by atoms with Gasteiger partial charge in [0.15, 0.2) is 0 Å². The summed E-state index contributed by atoms with van der Waals surface area (Å²) in [6, 6.07) is 0. The summed E-state index contributed by atoms with van der Waals surface area (Å²) in [6.07, 6.45) is 5.20. The topological polar surface area (TPSA) is 26.3 Å². The van der Waals surface area contributed by atoms with E-state index in [4.69, 9.17) is 0 Å². The van der Waals surface area contributed by atoms with Crippen LogP contribution in [0.3, 0.4) is 0 Å². The van der Waals surface area contributed by atoms with Gasteiger partial charge in [0.05, 0.1) is 6.61 Å². The molecule has 0 radical (unpaired) electrons. The van der Waals surface area contributed by atoms with Crippen LogP contribution >= 0.6 is 0 Å².